The largest absolute Gasteiger partial charge is 0.508 e. The number of hydrogen-bond donors (Lipinski definition) is 2. The number of phenolic OH excluding ortho intramolecular Hbond substituents is 1. The van der Waals surface area contributed by atoms with Crippen LogP contribution in [0.1, 0.15) is 29.2 Å². The standard InChI is InChI=1S/C17H13F3N4OS/c1-9-13(12-3-2-8-26-12)21-16-22-15(17(18,19)20)23-24(16)14(9)10-4-6-11(25)7-5-10/h2-8,14,25H,1H3,(H,21,22,23). The molecule has 0 aliphatic carbocycles. The molecule has 1 aliphatic heterocycles. The topological polar surface area (TPSA) is 63.0 Å². The van der Waals surface area contributed by atoms with E-state index in [0.29, 0.717) is 11.3 Å². The second-order valence-corrected chi connectivity index (χ2v) is 6.80. The van der Waals surface area contributed by atoms with Crippen LogP contribution in [0.25, 0.3) is 5.70 Å². The van der Waals surface area contributed by atoms with Crippen LogP contribution in [0.2, 0.25) is 0 Å². The highest BCUT2D eigenvalue weighted by Gasteiger charge is 2.40. The molecule has 1 unspecified atom stereocenters. The fourth-order valence-corrected chi connectivity index (χ4v) is 3.75. The molecule has 3 aromatic rings. The Balaban J connectivity index is 1.90. The Kier molecular flexibility index (Phi) is 3.76. The number of thiophene rings is 1. The van der Waals surface area contributed by atoms with Gasteiger partial charge >= 0.3 is 6.18 Å². The quantitative estimate of drug-likeness (QED) is 0.689. The van der Waals surface area contributed by atoms with Gasteiger partial charge in [0.1, 0.15) is 11.8 Å². The van der Waals surface area contributed by atoms with E-state index in [4.69, 9.17) is 0 Å². The zero-order chi connectivity index (χ0) is 18.5. The summed E-state index contributed by atoms with van der Waals surface area (Å²) < 4.78 is 40.6. The highest BCUT2D eigenvalue weighted by Crippen LogP contribution is 2.40. The van der Waals surface area contributed by atoms with Crippen molar-refractivity contribution in [1.29, 1.82) is 0 Å². The van der Waals surface area contributed by atoms with Gasteiger partial charge in [-0.25, -0.2) is 4.68 Å². The first-order valence-electron chi connectivity index (χ1n) is 7.69. The number of rotatable bonds is 2. The van der Waals surface area contributed by atoms with Gasteiger partial charge in [0.2, 0.25) is 5.95 Å². The van der Waals surface area contributed by atoms with Crippen molar-refractivity contribution >= 4 is 23.0 Å². The van der Waals surface area contributed by atoms with Crippen molar-refractivity contribution in [2.75, 3.05) is 5.32 Å². The maximum atomic E-state index is 13.1. The zero-order valence-corrected chi connectivity index (χ0v) is 14.3. The highest BCUT2D eigenvalue weighted by atomic mass is 32.1. The van der Waals surface area contributed by atoms with Crippen molar-refractivity contribution in [1.82, 2.24) is 14.8 Å². The van der Waals surface area contributed by atoms with Gasteiger partial charge in [-0.2, -0.15) is 18.2 Å². The molecule has 0 saturated heterocycles. The van der Waals surface area contributed by atoms with E-state index in [2.05, 4.69) is 15.4 Å². The van der Waals surface area contributed by atoms with Gasteiger partial charge in [-0.3, -0.25) is 0 Å². The molecule has 26 heavy (non-hydrogen) atoms. The maximum Gasteiger partial charge on any atom is 0.453 e. The van der Waals surface area contributed by atoms with Gasteiger partial charge in [-0.05, 0) is 41.6 Å². The Bertz CT molecular complexity index is 975. The number of hydrogen-bond acceptors (Lipinski definition) is 5. The summed E-state index contributed by atoms with van der Waals surface area (Å²) in [6.45, 7) is 1.84. The van der Waals surface area contributed by atoms with Crippen LogP contribution in [0.3, 0.4) is 0 Å². The molecular weight excluding hydrogens is 365 g/mol. The molecule has 4 rings (SSSR count). The number of alkyl halides is 3. The van der Waals surface area contributed by atoms with Crippen molar-refractivity contribution < 1.29 is 18.3 Å². The van der Waals surface area contributed by atoms with Crippen LogP contribution in [0, 0.1) is 0 Å². The third-order valence-electron chi connectivity index (χ3n) is 4.15. The van der Waals surface area contributed by atoms with E-state index in [1.165, 1.54) is 28.2 Å². The first kappa shape index (κ1) is 16.6. The molecule has 2 aromatic heterocycles. The molecule has 1 atom stereocenters. The van der Waals surface area contributed by atoms with E-state index in [0.717, 1.165) is 10.5 Å². The second-order valence-electron chi connectivity index (χ2n) is 5.86. The maximum absolute atomic E-state index is 13.1. The summed E-state index contributed by atoms with van der Waals surface area (Å²) >= 11 is 1.48. The summed E-state index contributed by atoms with van der Waals surface area (Å²) in [5.74, 6) is -1.08. The van der Waals surface area contributed by atoms with Gasteiger partial charge in [0.05, 0.1) is 10.6 Å². The summed E-state index contributed by atoms with van der Waals surface area (Å²) in [4.78, 5) is 4.54. The molecule has 3 heterocycles. The Labute approximate surface area is 150 Å². The predicted octanol–water partition coefficient (Wildman–Crippen LogP) is 4.51. The van der Waals surface area contributed by atoms with E-state index in [9.17, 15) is 18.3 Å². The van der Waals surface area contributed by atoms with Crippen molar-refractivity contribution in [3.05, 3.63) is 63.6 Å². The number of nitrogens with zero attached hydrogens (tertiary/aromatic N) is 3. The number of allylic oxidation sites excluding steroid dienone is 1. The molecule has 2 N–H and O–H groups in total. The van der Waals surface area contributed by atoms with Crippen LogP contribution in [-0.4, -0.2) is 19.9 Å². The number of halogens is 3. The van der Waals surface area contributed by atoms with E-state index >= 15 is 0 Å². The molecule has 5 nitrogen and oxygen atoms in total. The van der Waals surface area contributed by atoms with Gasteiger partial charge in [-0.15, -0.1) is 16.4 Å². The summed E-state index contributed by atoms with van der Waals surface area (Å²) in [7, 11) is 0. The number of benzene rings is 1. The molecule has 9 heteroatoms. The van der Waals surface area contributed by atoms with Crippen LogP contribution < -0.4 is 5.32 Å². The lowest BCUT2D eigenvalue weighted by atomic mass is 9.96. The monoisotopic (exact) mass is 378 g/mol. The van der Waals surface area contributed by atoms with Crippen LogP contribution in [0.4, 0.5) is 19.1 Å². The van der Waals surface area contributed by atoms with Gasteiger partial charge in [-0.1, -0.05) is 18.2 Å². The average Bonchev–Trinajstić information content (AvgIpc) is 3.24. The summed E-state index contributed by atoms with van der Waals surface area (Å²) in [5.41, 5.74) is 2.23. The van der Waals surface area contributed by atoms with Crippen LogP contribution in [-0.2, 0) is 6.18 Å². The molecule has 0 bridgehead atoms. The minimum atomic E-state index is -4.64. The van der Waals surface area contributed by atoms with Crippen molar-refractivity contribution in [2.45, 2.75) is 19.1 Å². The Hall–Kier alpha value is -2.81. The molecule has 1 aromatic carbocycles. The molecule has 0 amide bonds. The second kappa shape index (κ2) is 5.87. The molecule has 1 aliphatic rings. The van der Waals surface area contributed by atoms with Gasteiger partial charge < -0.3 is 10.4 Å². The van der Waals surface area contributed by atoms with Crippen LogP contribution in [0.15, 0.2) is 47.4 Å². The first-order valence-corrected chi connectivity index (χ1v) is 8.57. The van der Waals surface area contributed by atoms with Gasteiger partial charge in [0.25, 0.3) is 5.82 Å². The normalized spacial score (nSPS) is 17.2. The highest BCUT2D eigenvalue weighted by molar-refractivity contribution is 7.11. The molecule has 0 saturated carbocycles. The summed E-state index contributed by atoms with van der Waals surface area (Å²) in [6.07, 6.45) is -4.64. The first-order chi connectivity index (χ1) is 12.3. The number of phenols is 1. The third-order valence-corrected chi connectivity index (χ3v) is 5.03. The smallest absolute Gasteiger partial charge is 0.453 e. The minimum absolute atomic E-state index is 0.0319. The fraction of sp³-hybridized carbons (Fsp3) is 0.176. The van der Waals surface area contributed by atoms with Gasteiger partial charge in [0, 0.05) is 0 Å². The number of fused-ring (bicyclic) bond motifs is 1. The fourth-order valence-electron chi connectivity index (χ4n) is 2.96. The predicted molar refractivity (Wildman–Crippen MR) is 91.8 cm³/mol. The molecule has 0 spiro atoms. The summed E-state index contributed by atoms with van der Waals surface area (Å²) in [5, 5.41) is 18.1. The number of aromatic nitrogens is 3. The minimum Gasteiger partial charge on any atom is -0.508 e. The Morgan fingerprint density at radius 2 is 1.92 bits per heavy atom. The van der Waals surface area contributed by atoms with Crippen LogP contribution in [0.5, 0.6) is 5.75 Å². The molecule has 0 radical (unpaired) electrons. The van der Waals surface area contributed by atoms with Crippen molar-refractivity contribution in [2.24, 2.45) is 0 Å². The number of nitrogens with one attached hydrogen (secondary N) is 1. The van der Waals surface area contributed by atoms with E-state index in [-0.39, 0.29) is 11.7 Å². The lowest BCUT2D eigenvalue weighted by Crippen LogP contribution is -2.23. The molecule has 134 valence electrons. The van der Waals surface area contributed by atoms with Crippen molar-refractivity contribution in [3.8, 4) is 5.75 Å². The third kappa shape index (κ3) is 2.74. The zero-order valence-electron chi connectivity index (χ0n) is 13.4. The number of anilines is 1. The Morgan fingerprint density at radius 1 is 1.19 bits per heavy atom. The molecule has 0 fully saturated rings. The van der Waals surface area contributed by atoms with Gasteiger partial charge in [0.15, 0.2) is 0 Å². The summed E-state index contributed by atoms with van der Waals surface area (Å²) in [6, 6.07) is 9.53. The SMILES string of the molecule is CC1=C(c2cccs2)Nc2nc(C(F)(F)F)nn2C1c1ccc(O)cc1. The van der Waals surface area contributed by atoms with E-state index in [1.54, 1.807) is 12.1 Å². The Morgan fingerprint density at radius 3 is 2.54 bits per heavy atom. The van der Waals surface area contributed by atoms with E-state index < -0.39 is 18.0 Å². The van der Waals surface area contributed by atoms with Crippen molar-refractivity contribution in [3.63, 3.8) is 0 Å². The lowest BCUT2D eigenvalue weighted by molar-refractivity contribution is -0.145. The lowest BCUT2D eigenvalue weighted by Gasteiger charge is -2.28. The van der Waals surface area contributed by atoms with E-state index in [1.807, 2.05) is 24.4 Å². The average molecular weight is 378 g/mol. The molecular formula is C17H13F3N4OS. The van der Waals surface area contributed by atoms with Crippen LogP contribution >= 0.6 is 11.3 Å². The number of aromatic hydroxyl groups is 1.